The first kappa shape index (κ1) is 22.7. The Kier molecular flexibility index (Phi) is 7.19. The predicted octanol–water partition coefficient (Wildman–Crippen LogP) is 5.01. The van der Waals surface area contributed by atoms with Gasteiger partial charge in [-0.2, -0.15) is 11.8 Å². The summed E-state index contributed by atoms with van der Waals surface area (Å²) in [6, 6.07) is 22.0. The molecule has 1 unspecified atom stereocenters. The van der Waals surface area contributed by atoms with E-state index >= 15 is 0 Å². The van der Waals surface area contributed by atoms with E-state index in [4.69, 9.17) is 4.74 Å². The topological polar surface area (TPSA) is 95.9 Å². The van der Waals surface area contributed by atoms with Gasteiger partial charge in [-0.05, 0) is 52.1 Å². The average molecular weight is 464 g/mol. The first-order valence-corrected chi connectivity index (χ1v) is 11.9. The Hall–Kier alpha value is -3.45. The highest BCUT2D eigenvalue weighted by atomic mass is 32.2. The van der Waals surface area contributed by atoms with Crippen LogP contribution in [-0.2, 0) is 15.3 Å². The molecule has 1 aliphatic rings. The predicted molar refractivity (Wildman–Crippen MR) is 129 cm³/mol. The molecule has 4 rings (SSSR count). The minimum atomic E-state index is -1.09. The number of thioether (sulfide) groups is 1. The minimum Gasteiger partial charge on any atom is -0.508 e. The monoisotopic (exact) mass is 463 g/mol. The number of ether oxygens (including phenoxy) is 1. The molecule has 0 spiro atoms. The standard InChI is InChI=1S/C26H25NO5S/c28-18-11-9-17(10-12-18)16-33-14-13-24(25(29)30)27-26(31)32-15-23-21-7-3-1-5-19(21)20-6-2-4-8-22(20)23/h1-12,23-24,28H,13-16H2,(H,27,31)(H,29,30). The molecule has 1 amide bonds. The molecule has 170 valence electrons. The summed E-state index contributed by atoms with van der Waals surface area (Å²) in [6.07, 6.45) is -0.449. The zero-order chi connectivity index (χ0) is 23.2. The van der Waals surface area contributed by atoms with Gasteiger partial charge in [-0.3, -0.25) is 0 Å². The van der Waals surface area contributed by atoms with E-state index in [0.29, 0.717) is 11.5 Å². The van der Waals surface area contributed by atoms with Crippen LogP contribution in [-0.4, -0.2) is 40.7 Å². The van der Waals surface area contributed by atoms with Crippen molar-refractivity contribution in [2.24, 2.45) is 0 Å². The summed E-state index contributed by atoms with van der Waals surface area (Å²) in [4.78, 5) is 24.0. The molecule has 0 aliphatic heterocycles. The van der Waals surface area contributed by atoms with Gasteiger partial charge in [0.25, 0.3) is 0 Å². The van der Waals surface area contributed by atoms with Gasteiger partial charge in [0.2, 0.25) is 0 Å². The molecule has 6 nitrogen and oxygen atoms in total. The molecule has 3 N–H and O–H groups in total. The molecule has 1 atom stereocenters. The summed E-state index contributed by atoms with van der Waals surface area (Å²) in [5.41, 5.74) is 5.51. The van der Waals surface area contributed by atoms with Crippen LogP contribution < -0.4 is 5.32 Å². The van der Waals surface area contributed by atoms with E-state index in [0.717, 1.165) is 27.8 Å². The van der Waals surface area contributed by atoms with E-state index in [1.165, 1.54) is 0 Å². The number of benzene rings is 3. The lowest BCUT2D eigenvalue weighted by molar-refractivity contribution is -0.139. The summed E-state index contributed by atoms with van der Waals surface area (Å²) in [5.74, 6) is 0.294. The summed E-state index contributed by atoms with van der Waals surface area (Å²) >= 11 is 1.57. The third-order valence-electron chi connectivity index (χ3n) is 5.69. The Bertz CT molecular complexity index is 1090. The van der Waals surface area contributed by atoms with Gasteiger partial charge in [0.05, 0.1) is 0 Å². The van der Waals surface area contributed by atoms with Crippen molar-refractivity contribution >= 4 is 23.8 Å². The number of rotatable bonds is 9. The van der Waals surface area contributed by atoms with Crippen LogP contribution in [0.5, 0.6) is 5.75 Å². The maximum atomic E-state index is 12.4. The molecule has 1 aliphatic carbocycles. The second kappa shape index (κ2) is 10.4. The van der Waals surface area contributed by atoms with Crippen molar-refractivity contribution in [2.45, 2.75) is 24.1 Å². The Balaban J connectivity index is 1.29. The lowest BCUT2D eigenvalue weighted by atomic mass is 9.98. The number of aliphatic carboxylic acids is 1. The molecular weight excluding hydrogens is 438 g/mol. The first-order valence-electron chi connectivity index (χ1n) is 10.7. The molecule has 0 fully saturated rings. The molecule has 0 bridgehead atoms. The summed E-state index contributed by atoms with van der Waals surface area (Å²) in [7, 11) is 0. The van der Waals surface area contributed by atoms with Crippen LogP contribution in [0.2, 0.25) is 0 Å². The van der Waals surface area contributed by atoms with Gasteiger partial charge in [0.1, 0.15) is 18.4 Å². The van der Waals surface area contributed by atoms with Crippen molar-refractivity contribution in [3.05, 3.63) is 89.5 Å². The van der Waals surface area contributed by atoms with Gasteiger partial charge in [-0.15, -0.1) is 0 Å². The highest BCUT2D eigenvalue weighted by Crippen LogP contribution is 2.44. The molecule has 0 radical (unpaired) electrons. The van der Waals surface area contributed by atoms with Gasteiger partial charge in [0, 0.05) is 11.7 Å². The van der Waals surface area contributed by atoms with Crippen LogP contribution in [0.3, 0.4) is 0 Å². The number of phenols is 1. The molecule has 0 aromatic heterocycles. The fraction of sp³-hybridized carbons (Fsp3) is 0.231. The maximum Gasteiger partial charge on any atom is 0.407 e. The highest BCUT2D eigenvalue weighted by Gasteiger charge is 2.29. The smallest absolute Gasteiger partial charge is 0.407 e. The average Bonchev–Trinajstić information content (AvgIpc) is 3.14. The molecule has 0 saturated carbocycles. The summed E-state index contributed by atoms with van der Waals surface area (Å²) in [5, 5.41) is 21.3. The number of amides is 1. The van der Waals surface area contributed by atoms with Crippen LogP contribution >= 0.6 is 11.8 Å². The minimum absolute atomic E-state index is 0.0766. The number of fused-ring (bicyclic) bond motifs is 3. The Morgan fingerprint density at radius 3 is 2.15 bits per heavy atom. The Morgan fingerprint density at radius 1 is 0.939 bits per heavy atom. The lowest BCUT2D eigenvalue weighted by Crippen LogP contribution is -2.41. The number of carboxylic acids is 1. The fourth-order valence-electron chi connectivity index (χ4n) is 4.02. The number of phenolic OH excluding ortho intramolecular Hbond substituents is 1. The first-order chi connectivity index (χ1) is 16.0. The summed E-state index contributed by atoms with van der Waals surface area (Å²) < 4.78 is 5.46. The van der Waals surface area contributed by atoms with Crippen molar-refractivity contribution in [3.63, 3.8) is 0 Å². The molecule has 0 heterocycles. The number of hydrogen-bond acceptors (Lipinski definition) is 5. The van der Waals surface area contributed by atoms with Crippen LogP contribution in [0.25, 0.3) is 11.1 Å². The molecule has 0 saturated heterocycles. The normalized spacial score (nSPS) is 13.1. The number of carbonyl (C=O) groups excluding carboxylic acids is 1. The van der Waals surface area contributed by atoms with Crippen molar-refractivity contribution < 1.29 is 24.5 Å². The molecule has 33 heavy (non-hydrogen) atoms. The number of hydrogen-bond donors (Lipinski definition) is 3. The number of nitrogens with one attached hydrogen (secondary N) is 1. The van der Waals surface area contributed by atoms with Gasteiger partial charge in [-0.25, -0.2) is 9.59 Å². The Morgan fingerprint density at radius 2 is 1.55 bits per heavy atom. The molecular formula is C26H25NO5S. The van der Waals surface area contributed by atoms with E-state index in [2.05, 4.69) is 17.4 Å². The third-order valence-corrected chi connectivity index (χ3v) is 6.75. The van der Waals surface area contributed by atoms with Crippen molar-refractivity contribution in [1.29, 1.82) is 0 Å². The van der Waals surface area contributed by atoms with Gasteiger partial charge in [-0.1, -0.05) is 60.7 Å². The van der Waals surface area contributed by atoms with E-state index in [1.807, 2.05) is 48.5 Å². The lowest BCUT2D eigenvalue weighted by Gasteiger charge is -2.17. The zero-order valence-electron chi connectivity index (χ0n) is 17.9. The second-order valence-electron chi connectivity index (χ2n) is 7.87. The van der Waals surface area contributed by atoms with E-state index in [9.17, 15) is 19.8 Å². The van der Waals surface area contributed by atoms with Gasteiger partial charge in [0.15, 0.2) is 0 Å². The number of carbonyl (C=O) groups is 2. The largest absolute Gasteiger partial charge is 0.508 e. The SMILES string of the molecule is O=C(NC(CCSCc1ccc(O)cc1)C(=O)O)OCC1c2ccccc2-c2ccccc21. The maximum absolute atomic E-state index is 12.4. The fourth-order valence-corrected chi connectivity index (χ4v) is 5.00. The summed E-state index contributed by atoms with van der Waals surface area (Å²) in [6.45, 7) is 0.141. The van der Waals surface area contributed by atoms with E-state index in [1.54, 1.807) is 23.9 Å². The highest BCUT2D eigenvalue weighted by molar-refractivity contribution is 7.98. The number of aromatic hydroxyl groups is 1. The van der Waals surface area contributed by atoms with E-state index in [-0.39, 0.29) is 24.7 Å². The number of alkyl carbamates (subject to hydrolysis) is 1. The van der Waals surface area contributed by atoms with Crippen LogP contribution in [0.15, 0.2) is 72.8 Å². The molecule has 3 aromatic rings. The quantitative estimate of drug-likeness (QED) is 0.386. The van der Waals surface area contributed by atoms with Gasteiger partial charge >= 0.3 is 12.1 Å². The van der Waals surface area contributed by atoms with Crippen LogP contribution in [0.1, 0.15) is 29.0 Å². The zero-order valence-corrected chi connectivity index (χ0v) is 18.8. The van der Waals surface area contributed by atoms with Crippen LogP contribution in [0, 0.1) is 0 Å². The van der Waals surface area contributed by atoms with Crippen molar-refractivity contribution in [1.82, 2.24) is 5.32 Å². The Labute approximate surface area is 196 Å². The molecule has 7 heteroatoms. The molecule has 3 aromatic carbocycles. The number of carboxylic acid groups (broad SMARTS) is 1. The van der Waals surface area contributed by atoms with Crippen LogP contribution in [0.4, 0.5) is 4.79 Å². The van der Waals surface area contributed by atoms with Crippen molar-refractivity contribution in [2.75, 3.05) is 12.4 Å². The van der Waals surface area contributed by atoms with Gasteiger partial charge < -0.3 is 20.3 Å². The third kappa shape index (κ3) is 5.49. The van der Waals surface area contributed by atoms with Crippen molar-refractivity contribution in [3.8, 4) is 16.9 Å². The van der Waals surface area contributed by atoms with E-state index < -0.39 is 18.1 Å². The second-order valence-corrected chi connectivity index (χ2v) is 8.97.